The molecule has 1 aromatic carbocycles. The number of alkyl halides is 2. The van der Waals surface area contributed by atoms with Crippen LogP contribution in [-0.2, 0) is 11.2 Å². The number of carbonyl (C=O) groups excluding carboxylic acids is 1. The molecule has 1 amide bonds. The van der Waals surface area contributed by atoms with E-state index in [1.807, 2.05) is 0 Å². The molecule has 2 bridgehead atoms. The van der Waals surface area contributed by atoms with Crippen LogP contribution in [0.25, 0.3) is 34.0 Å². The van der Waals surface area contributed by atoms with Crippen molar-refractivity contribution < 1.29 is 13.6 Å². The number of aryl methyl sites for hydroxylation is 1. The summed E-state index contributed by atoms with van der Waals surface area (Å²) in [6.07, 6.45) is 6.98. The van der Waals surface area contributed by atoms with Crippen molar-refractivity contribution in [3.8, 4) is 34.0 Å². The van der Waals surface area contributed by atoms with Gasteiger partial charge in [0.25, 0.3) is 5.56 Å². The van der Waals surface area contributed by atoms with Crippen molar-refractivity contribution in [3.05, 3.63) is 81.3 Å². The zero-order valence-electron chi connectivity index (χ0n) is 22.6. The molecule has 1 aliphatic rings. The molecule has 6 rings (SSSR count). The smallest absolute Gasteiger partial charge is 0.321 e. The zero-order chi connectivity index (χ0) is 30.2. The fourth-order valence-corrected chi connectivity index (χ4v) is 5.30. The maximum atomic E-state index is 14.4. The van der Waals surface area contributed by atoms with E-state index in [9.17, 15) is 18.4 Å². The number of anilines is 1. The maximum Gasteiger partial charge on any atom is 0.333 e. The van der Waals surface area contributed by atoms with Crippen molar-refractivity contribution in [3.63, 3.8) is 0 Å². The minimum absolute atomic E-state index is 0.0350. The van der Waals surface area contributed by atoms with Gasteiger partial charge in [-0.1, -0.05) is 41.8 Å². The fourth-order valence-electron chi connectivity index (χ4n) is 5.00. The molecule has 0 radical (unpaired) electrons. The Balaban J connectivity index is 1.52. The number of rotatable bonds is 4. The molecule has 1 aliphatic heterocycles. The summed E-state index contributed by atoms with van der Waals surface area (Å²) in [4.78, 5) is 35.6. The minimum atomic E-state index is -3.08. The Kier molecular flexibility index (Phi) is 7.75. The number of carbonyl (C=O) groups is 1. The van der Waals surface area contributed by atoms with Crippen molar-refractivity contribution in [2.24, 2.45) is 5.92 Å². The van der Waals surface area contributed by atoms with Crippen molar-refractivity contribution in [2.45, 2.75) is 39.2 Å². The Morgan fingerprint density at radius 3 is 2.65 bits per heavy atom. The number of amides is 1. The van der Waals surface area contributed by atoms with Gasteiger partial charge in [0.1, 0.15) is 17.7 Å². The average molecular weight is 626 g/mol. The van der Waals surface area contributed by atoms with Gasteiger partial charge in [0.2, 0.25) is 5.91 Å². The number of fused-ring (bicyclic) bond motifs is 4. The Bertz CT molecular complexity index is 1900. The molecule has 1 N–H and O–H groups in total. The van der Waals surface area contributed by atoms with E-state index in [0.29, 0.717) is 39.4 Å². The van der Waals surface area contributed by atoms with E-state index in [0.717, 1.165) is 23.1 Å². The van der Waals surface area contributed by atoms with Crippen LogP contribution in [0.4, 0.5) is 14.5 Å². The third-order valence-electron chi connectivity index (χ3n) is 7.17. The van der Waals surface area contributed by atoms with Gasteiger partial charge in [-0.3, -0.25) is 14.6 Å². The fraction of sp³-hybridized carbons (Fsp3) is 0.250. The molecule has 5 aromatic rings. The van der Waals surface area contributed by atoms with Crippen LogP contribution in [0.3, 0.4) is 0 Å². The Hall–Kier alpha value is -4.49. The molecule has 0 saturated heterocycles. The summed E-state index contributed by atoms with van der Waals surface area (Å²) < 4.78 is 31.8. The predicted molar refractivity (Wildman–Crippen MR) is 156 cm³/mol. The summed E-state index contributed by atoms with van der Waals surface area (Å²) >= 11 is 12.2. The molecule has 4 aromatic heterocycles. The highest BCUT2D eigenvalue weighted by Crippen LogP contribution is 2.37. The third-order valence-corrected chi connectivity index (χ3v) is 7.58. The molecule has 11 nitrogen and oxygen atoms in total. The van der Waals surface area contributed by atoms with Crippen LogP contribution in [0, 0.1) is 5.92 Å². The van der Waals surface area contributed by atoms with Gasteiger partial charge in [-0.2, -0.15) is 13.5 Å². The van der Waals surface area contributed by atoms with E-state index >= 15 is 0 Å². The van der Waals surface area contributed by atoms with Crippen molar-refractivity contribution in [1.29, 1.82) is 0 Å². The normalized spacial score (nSPS) is 15.5. The molecule has 43 heavy (non-hydrogen) atoms. The SMILES string of the molecule is C[C@H]1CCCCc2cc(ccn2)-c2c(c(-n3cnc(-c4cc(Cl)ccc4-n4cc(Cl)nn4)cc3=O)nn2C(F)F)NC1=O. The number of hydrogen-bond acceptors (Lipinski definition) is 7. The van der Waals surface area contributed by atoms with E-state index in [1.165, 1.54) is 29.5 Å². The Morgan fingerprint density at radius 1 is 1.07 bits per heavy atom. The highest BCUT2D eigenvalue weighted by Gasteiger charge is 2.29. The van der Waals surface area contributed by atoms with Crippen molar-refractivity contribution in [1.82, 2.24) is 39.3 Å². The van der Waals surface area contributed by atoms with Crippen LogP contribution in [-0.4, -0.2) is 45.2 Å². The van der Waals surface area contributed by atoms with E-state index < -0.39 is 18.0 Å². The van der Waals surface area contributed by atoms with Crippen molar-refractivity contribution >= 4 is 34.8 Å². The second kappa shape index (κ2) is 11.7. The summed E-state index contributed by atoms with van der Waals surface area (Å²) in [6.45, 7) is -1.31. The summed E-state index contributed by atoms with van der Waals surface area (Å²) in [5, 5.41) is 15.2. The summed E-state index contributed by atoms with van der Waals surface area (Å²) in [7, 11) is 0. The molecular weight excluding hydrogens is 603 g/mol. The van der Waals surface area contributed by atoms with E-state index in [1.54, 1.807) is 37.3 Å². The molecule has 220 valence electrons. The second-order valence-electron chi connectivity index (χ2n) is 10.1. The first-order valence-electron chi connectivity index (χ1n) is 13.3. The minimum Gasteiger partial charge on any atom is -0.321 e. The van der Waals surface area contributed by atoms with Gasteiger partial charge in [-0.05, 0) is 49.6 Å². The predicted octanol–water partition coefficient (Wildman–Crippen LogP) is 5.74. The number of nitrogens with one attached hydrogen (secondary N) is 1. The van der Waals surface area contributed by atoms with Gasteiger partial charge in [0, 0.05) is 40.0 Å². The first-order chi connectivity index (χ1) is 20.7. The van der Waals surface area contributed by atoms with Crippen LogP contribution >= 0.6 is 23.2 Å². The lowest BCUT2D eigenvalue weighted by molar-refractivity contribution is -0.119. The molecule has 0 aliphatic carbocycles. The Labute approximate surface area is 253 Å². The molecule has 0 fully saturated rings. The van der Waals surface area contributed by atoms with Crippen LogP contribution in [0.2, 0.25) is 10.2 Å². The lowest BCUT2D eigenvalue weighted by atomic mass is 9.99. The lowest BCUT2D eigenvalue weighted by Crippen LogP contribution is -2.24. The molecule has 1 atom stereocenters. The lowest BCUT2D eigenvalue weighted by Gasteiger charge is -2.16. The molecular formula is C28H23Cl2F2N9O2. The summed E-state index contributed by atoms with van der Waals surface area (Å²) in [5.74, 6) is -0.992. The second-order valence-corrected chi connectivity index (χ2v) is 10.9. The number of hydrogen-bond donors (Lipinski definition) is 1. The van der Waals surface area contributed by atoms with Gasteiger partial charge in [0.05, 0.1) is 17.6 Å². The number of aromatic nitrogens is 8. The summed E-state index contributed by atoms with van der Waals surface area (Å²) in [5.41, 5.74) is 1.53. The molecule has 15 heteroatoms. The van der Waals surface area contributed by atoms with Crippen LogP contribution < -0.4 is 10.9 Å². The monoisotopic (exact) mass is 625 g/mol. The van der Waals surface area contributed by atoms with Crippen LogP contribution in [0.15, 0.2) is 59.9 Å². The zero-order valence-corrected chi connectivity index (χ0v) is 24.1. The number of pyridine rings is 1. The number of benzene rings is 1. The number of nitrogens with zero attached hydrogens (tertiary/aromatic N) is 8. The van der Waals surface area contributed by atoms with Gasteiger partial charge in [-0.15, -0.1) is 10.2 Å². The third kappa shape index (κ3) is 5.65. The first-order valence-corrected chi connectivity index (χ1v) is 14.1. The van der Waals surface area contributed by atoms with E-state index in [4.69, 9.17) is 23.2 Å². The first kappa shape index (κ1) is 28.6. The molecule has 0 spiro atoms. The van der Waals surface area contributed by atoms with Gasteiger partial charge in [0.15, 0.2) is 11.0 Å². The standard InChI is InChI=1S/C28H23Cl2F2N9O2/c1-15-4-2-3-5-18-10-16(8-9-33-18)25-24(35-27(15)43)26(37-41(25)28(31)32)39-14-34-20(12-23(39)42)19-11-17(29)6-7-21(19)40-13-22(30)36-38-40/h6-15,28H,2-5H2,1H3,(H,35,43)/t15-/m0/s1. The van der Waals surface area contributed by atoms with Gasteiger partial charge < -0.3 is 5.32 Å². The maximum absolute atomic E-state index is 14.4. The molecule has 0 saturated carbocycles. The number of halogens is 4. The van der Waals surface area contributed by atoms with Gasteiger partial charge >= 0.3 is 6.55 Å². The highest BCUT2D eigenvalue weighted by molar-refractivity contribution is 6.31. The quantitative estimate of drug-likeness (QED) is 0.270. The van der Waals surface area contributed by atoms with Crippen molar-refractivity contribution in [2.75, 3.05) is 5.32 Å². The Morgan fingerprint density at radius 2 is 1.91 bits per heavy atom. The highest BCUT2D eigenvalue weighted by atomic mass is 35.5. The molecule has 0 unspecified atom stereocenters. The molecule has 5 heterocycles. The van der Waals surface area contributed by atoms with Gasteiger partial charge in [-0.25, -0.2) is 14.2 Å². The van der Waals surface area contributed by atoms with Crippen LogP contribution in [0.5, 0.6) is 0 Å². The van der Waals surface area contributed by atoms with E-state index in [-0.39, 0.29) is 34.0 Å². The van der Waals surface area contributed by atoms with Crippen LogP contribution in [0.1, 0.15) is 38.4 Å². The summed E-state index contributed by atoms with van der Waals surface area (Å²) in [6, 6.07) is 9.37. The average Bonchev–Trinajstić information content (AvgIpc) is 3.58. The van der Waals surface area contributed by atoms with E-state index in [2.05, 4.69) is 30.7 Å². The largest absolute Gasteiger partial charge is 0.333 e. The topological polar surface area (TPSA) is 125 Å².